The summed E-state index contributed by atoms with van der Waals surface area (Å²) in [7, 11) is 4.37. The number of amides is 1. The van der Waals surface area contributed by atoms with Crippen LogP contribution in [0.3, 0.4) is 0 Å². The fraction of sp³-hybridized carbons (Fsp3) is 0.227. The van der Waals surface area contributed by atoms with Crippen molar-refractivity contribution in [2.24, 2.45) is 0 Å². The van der Waals surface area contributed by atoms with Gasteiger partial charge in [-0.05, 0) is 41.5 Å². The average Bonchev–Trinajstić information content (AvgIpc) is 2.76. The Balaban J connectivity index is 2.26. The Kier molecular flexibility index (Phi) is 7.82. The zero-order valence-electron chi connectivity index (χ0n) is 17.1. The van der Waals surface area contributed by atoms with Gasteiger partial charge < -0.3 is 24.3 Å². The number of carbonyl (C=O) groups excluding carboxylic acids is 2. The molecule has 0 aromatic heterocycles. The van der Waals surface area contributed by atoms with E-state index in [0.717, 1.165) is 5.56 Å². The number of rotatable bonds is 8. The zero-order valence-corrected chi connectivity index (χ0v) is 17.1. The summed E-state index contributed by atoms with van der Waals surface area (Å²) in [6, 6.07) is 12.2. The van der Waals surface area contributed by atoms with Gasteiger partial charge in [0.05, 0.1) is 21.3 Å². The van der Waals surface area contributed by atoms with E-state index in [-0.39, 0.29) is 29.4 Å². The topological polar surface area (TPSA) is 107 Å². The van der Waals surface area contributed by atoms with Crippen LogP contribution in [0.15, 0.2) is 42.0 Å². The van der Waals surface area contributed by atoms with Crippen LogP contribution in [0.25, 0.3) is 6.08 Å². The smallest absolute Gasteiger partial charge is 0.308 e. The van der Waals surface area contributed by atoms with Crippen LogP contribution >= 0.6 is 0 Å². The highest BCUT2D eigenvalue weighted by Crippen LogP contribution is 2.39. The standard InChI is InChI=1S/C22H22N2O6/c1-14(25)30-21-19(28-3)10-16(11-20(21)29-4)8-17(12-23)22(26)24-13-15-6-5-7-18(9-15)27-2/h5-11H,13H2,1-4H3,(H,24,26)/b17-8+. The summed E-state index contributed by atoms with van der Waals surface area (Å²) in [5.74, 6) is 0.164. The lowest BCUT2D eigenvalue weighted by molar-refractivity contribution is -0.132. The molecular formula is C22H22N2O6. The molecule has 30 heavy (non-hydrogen) atoms. The predicted octanol–water partition coefficient (Wildman–Crippen LogP) is 2.86. The summed E-state index contributed by atoms with van der Waals surface area (Å²) in [4.78, 5) is 23.8. The Hall–Kier alpha value is -3.99. The zero-order chi connectivity index (χ0) is 22.1. The van der Waals surface area contributed by atoms with Crippen molar-refractivity contribution in [3.63, 3.8) is 0 Å². The maximum atomic E-state index is 12.5. The molecule has 0 saturated heterocycles. The number of esters is 1. The van der Waals surface area contributed by atoms with Crippen LogP contribution in [-0.2, 0) is 16.1 Å². The summed E-state index contributed by atoms with van der Waals surface area (Å²) in [5, 5.41) is 12.1. The van der Waals surface area contributed by atoms with Gasteiger partial charge in [-0.3, -0.25) is 9.59 Å². The van der Waals surface area contributed by atoms with Gasteiger partial charge >= 0.3 is 5.97 Å². The first-order chi connectivity index (χ1) is 14.4. The Bertz CT molecular complexity index is 982. The number of nitrogens with one attached hydrogen (secondary N) is 1. The molecule has 2 aromatic carbocycles. The maximum absolute atomic E-state index is 12.5. The van der Waals surface area contributed by atoms with Gasteiger partial charge in [-0.1, -0.05) is 12.1 Å². The monoisotopic (exact) mass is 410 g/mol. The van der Waals surface area contributed by atoms with E-state index < -0.39 is 11.9 Å². The lowest BCUT2D eigenvalue weighted by atomic mass is 10.1. The molecule has 0 aliphatic carbocycles. The molecule has 1 N–H and O–H groups in total. The molecule has 156 valence electrons. The highest BCUT2D eigenvalue weighted by atomic mass is 16.6. The Labute approximate surface area is 174 Å². The van der Waals surface area contributed by atoms with Crippen molar-refractivity contribution in [3.05, 3.63) is 53.1 Å². The van der Waals surface area contributed by atoms with E-state index in [4.69, 9.17) is 18.9 Å². The number of methoxy groups -OCH3 is 3. The van der Waals surface area contributed by atoms with Gasteiger partial charge in [0.25, 0.3) is 5.91 Å². The van der Waals surface area contributed by atoms with Crippen molar-refractivity contribution in [2.45, 2.75) is 13.5 Å². The van der Waals surface area contributed by atoms with E-state index in [1.165, 1.54) is 39.4 Å². The molecule has 0 atom stereocenters. The predicted molar refractivity (Wildman–Crippen MR) is 109 cm³/mol. The largest absolute Gasteiger partial charge is 0.497 e. The van der Waals surface area contributed by atoms with E-state index in [1.54, 1.807) is 19.2 Å². The molecule has 0 saturated carbocycles. The average molecular weight is 410 g/mol. The van der Waals surface area contributed by atoms with Crippen molar-refractivity contribution in [1.82, 2.24) is 5.32 Å². The molecule has 2 aromatic rings. The Morgan fingerprint density at radius 1 is 1.07 bits per heavy atom. The number of benzene rings is 2. The van der Waals surface area contributed by atoms with E-state index in [9.17, 15) is 14.9 Å². The minimum atomic E-state index is -0.540. The number of carbonyl (C=O) groups is 2. The van der Waals surface area contributed by atoms with Crippen molar-refractivity contribution in [3.8, 4) is 29.1 Å². The lowest BCUT2D eigenvalue weighted by Crippen LogP contribution is -2.23. The first-order valence-corrected chi connectivity index (χ1v) is 8.89. The van der Waals surface area contributed by atoms with Crippen molar-refractivity contribution < 1.29 is 28.5 Å². The van der Waals surface area contributed by atoms with Gasteiger partial charge in [0.2, 0.25) is 5.75 Å². The minimum absolute atomic E-state index is 0.109. The SMILES string of the molecule is COc1cccc(CNC(=O)/C(C#N)=C/c2cc(OC)c(OC(C)=O)c(OC)c2)c1. The fourth-order valence-corrected chi connectivity index (χ4v) is 2.60. The molecule has 8 nitrogen and oxygen atoms in total. The highest BCUT2D eigenvalue weighted by Gasteiger charge is 2.17. The van der Waals surface area contributed by atoms with E-state index in [0.29, 0.717) is 11.3 Å². The van der Waals surface area contributed by atoms with Crippen LogP contribution < -0.4 is 24.3 Å². The van der Waals surface area contributed by atoms with Gasteiger partial charge in [-0.15, -0.1) is 0 Å². The molecule has 2 rings (SSSR count). The molecule has 1 amide bonds. The molecule has 0 fully saturated rings. The van der Waals surface area contributed by atoms with Crippen molar-refractivity contribution in [2.75, 3.05) is 21.3 Å². The van der Waals surface area contributed by atoms with Crippen molar-refractivity contribution in [1.29, 1.82) is 5.26 Å². The molecule has 0 aliphatic heterocycles. The normalized spacial score (nSPS) is 10.6. The second-order valence-electron chi connectivity index (χ2n) is 6.05. The van der Waals surface area contributed by atoms with E-state index in [1.807, 2.05) is 18.2 Å². The lowest BCUT2D eigenvalue weighted by Gasteiger charge is -2.13. The van der Waals surface area contributed by atoms with Gasteiger partial charge in [-0.25, -0.2) is 0 Å². The Morgan fingerprint density at radius 3 is 2.27 bits per heavy atom. The van der Waals surface area contributed by atoms with Crippen LogP contribution in [0, 0.1) is 11.3 Å². The van der Waals surface area contributed by atoms with Gasteiger partial charge in [0.15, 0.2) is 11.5 Å². The summed E-state index contributed by atoms with van der Waals surface area (Å²) in [6.45, 7) is 1.49. The molecule has 8 heteroatoms. The molecule has 0 bridgehead atoms. The number of hydrogen-bond donors (Lipinski definition) is 1. The summed E-state index contributed by atoms with van der Waals surface area (Å²) >= 11 is 0. The number of nitrogens with zero attached hydrogens (tertiary/aromatic N) is 1. The number of ether oxygens (including phenoxy) is 4. The molecule has 0 heterocycles. The quantitative estimate of drug-likeness (QED) is 0.309. The molecule has 0 unspecified atom stereocenters. The van der Waals surface area contributed by atoms with Crippen LogP contribution in [0.4, 0.5) is 0 Å². The minimum Gasteiger partial charge on any atom is -0.497 e. The Morgan fingerprint density at radius 2 is 1.73 bits per heavy atom. The van der Waals surface area contributed by atoms with E-state index >= 15 is 0 Å². The third-order valence-electron chi connectivity index (χ3n) is 3.99. The van der Waals surface area contributed by atoms with Crippen LogP contribution in [-0.4, -0.2) is 33.2 Å². The second-order valence-corrected chi connectivity index (χ2v) is 6.05. The summed E-state index contributed by atoms with van der Waals surface area (Å²) < 4.78 is 20.8. The van der Waals surface area contributed by atoms with Gasteiger partial charge in [0, 0.05) is 13.5 Å². The highest BCUT2D eigenvalue weighted by molar-refractivity contribution is 6.01. The van der Waals surface area contributed by atoms with Crippen LogP contribution in [0.5, 0.6) is 23.0 Å². The third kappa shape index (κ3) is 5.75. The first-order valence-electron chi connectivity index (χ1n) is 8.89. The van der Waals surface area contributed by atoms with Gasteiger partial charge in [-0.2, -0.15) is 5.26 Å². The molecule has 0 radical (unpaired) electrons. The molecular weight excluding hydrogens is 388 g/mol. The maximum Gasteiger partial charge on any atom is 0.308 e. The second kappa shape index (κ2) is 10.5. The molecule has 0 spiro atoms. The number of hydrogen-bond acceptors (Lipinski definition) is 7. The molecule has 0 aliphatic rings. The van der Waals surface area contributed by atoms with Crippen molar-refractivity contribution >= 4 is 18.0 Å². The first kappa shape index (κ1) is 22.3. The summed E-state index contributed by atoms with van der Waals surface area (Å²) in [5.41, 5.74) is 1.18. The van der Waals surface area contributed by atoms with Gasteiger partial charge in [0.1, 0.15) is 17.4 Å². The van der Waals surface area contributed by atoms with E-state index in [2.05, 4.69) is 5.32 Å². The summed E-state index contributed by atoms with van der Waals surface area (Å²) in [6.07, 6.45) is 1.39. The fourth-order valence-electron chi connectivity index (χ4n) is 2.60. The van der Waals surface area contributed by atoms with Crippen LogP contribution in [0.1, 0.15) is 18.1 Å². The van der Waals surface area contributed by atoms with Crippen LogP contribution in [0.2, 0.25) is 0 Å². The third-order valence-corrected chi connectivity index (χ3v) is 3.99. The number of nitriles is 1.